The van der Waals surface area contributed by atoms with Gasteiger partial charge in [0.15, 0.2) is 6.10 Å². The van der Waals surface area contributed by atoms with E-state index in [0.29, 0.717) is 11.1 Å². The summed E-state index contributed by atoms with van der Waals surface area (Å²) in [5, 5.41) is 0. The summed E-state index contributed by atoms with van der Waals surface area (Å²) >= 11 is 0. The Morgan fingerprint density at radius 2 is 1.72 bits per heavy atom. The number of ketones is 1. The predicted octanol–water partition coefficient (Wildman–Crippen LogP) is 2.46. The number of fused-ring (bicyclic) bond motifs is 1. The Bertz CT molecular complexity index is 1140. The molecule has 29 heavy (non-hydrogen) atoms. The maximum Gasteiger partial charge on any atom is 0.328 e. The average molecular weight is 414 g/mol. The van der Waals surface area contributed by atoms with Gasteiger partial charge in [0.1, 0.15) is 12.4 Å². The second kappa shape index (κ2) is 7.79. The van der Waals surface area contributed by atoms with Crippen molar-refractivity contribution in [1.29, 1.82) is 0 Å². The maximum absolute atomic E-state index is 12.7. The summed E-state index contributed by atoms with van der Waals surface area (Å²) in [4.78, 5) is 29.0. The van der Waals surface area contributed by atoms with Gasteiger partial charge in [0.2, 0.25) is 5.78 Å². The van der Waals surface area contributed by atoms with E-state index >= 15 is 0 Å². The van der Waals surface area contributed by atoms with Crippen LogP contribution in [0.4, 0.5) is 0 Å². The fourth-order valence-electron chi connectivity index (χ4n) is 3.13. The van der Waals surface area contributed by atoms with Gasteiger partial charge in [-0.2, -0.15) is 0 Å². The number of aryl methyl sites for hydroxylation is 3. The minimum atomic E-state index is -3.67. The van der Waals surface area contributed by atoms with E-state index in [9.17, 15) is 18.0 Å². The van der Waals surface area contributed by atoms with Gasteiger partial charge in [-0.3, -0.25) is 19.3 Å². The molecule has 1 aliphatic heterocycles. The van der Waals surface area contributed by atoms with Gasteiger partial charge in [-0.15, -0.1) is 0 Å². The predicted molar refractivity (Wildman–Crippen MR) is 109 cm³/mol. The van der Waals surface area contributed by atoms with E-state index in [-0.39, 0.29) is 16.5 Å². The highest BCUT2D eigenvalue weighted by molar-refractivity contribution is 7.90. The standard InChI is InChI=1S/C21H22N2O5S/c1-12-9-14(3)17(10-13(12)2)20(25)15(4)28-19(24)11-22-21-16-7-5-6-8-18(16)29(26,27)23-21/h5-10,15H,11H2,1-4H3,(H,22,23)/t15-/m1/s1. The first-order valence-electron chi connectivity index (χ1n) is 9.08. The second-order valence-electron chi connectivity index (χ2n) is 7.01. The summed E-state index contributed by atoms with van der Waals surface area (Å²) in [5.41, 5.74) is 3.79. The van der Waals surface area contributed by atoms with Gasteiger partial charge in [-0.25, -0.2) is 8.42 Å². The number of sulfonamides is 1. The van der Waals surface area contributed by atoms with E-state index in [1.54, 1.807) is 24.3 Å². The monoisotopic (exact) mass is 414 g/mol. The lowest BCUT2D eigenvalue weighted by Gasteiger charge is -2.14. The maximum atomic E-state index is 12.7. The molecule has 0 amide bonds. The highest BCUT2D eigenvalue weighted by Gasteiger charge is 2.30. The fourth-order valence-corrected chi connectivity index (χ4v) is 4.38. The van der Waals surface area contributed by atoms with E-state index < -0.39 is 28.6 Å². The number of carbonyl (C=O) groups excluding carboxylic acids is 2. The highest BCUT2D eigenvalue weighted by Crippen LogP contribution is 2.22. The SMILES string of the molecule is Cc1cc(C)c(C(=O)[C@@H](C)OC(=O)CN=C2NS(=O)(=O)c3ccccc32)cc1C. The zero-order chi connectivity index (χ0) is 21.3. The van der Waals surface area contributed by atoms with Crippen LogP contribution in [0.2, 0.25) is 0 Å². The van der Waals surface area contributed by atoms with Gasteiger partial charge in [0, 0.05) is 11.1 Å². The molecular weight excluding hydrogens is 392 g/mol. The fraction of sp³-hybridized carbons (Fsp3) is 0.286. The van der Waals surface area contributed by atoms with Crippen LogP contribution < -0.4 is 4.72 Å². The summed E-state index contributed by atoms with van der Waals surface area (Å²) in [6.45, 7) is 6.82. The van der Waals surface area contributed by atoms with Crippen LogP contribution in [0.5, 0.6) is 0 Å². The molecule has 1 aliphatic rings. The molecule has 1 N–H and O–H groups in total. The highest BCUT2D eigenvalue weighted by atomic mass is 32.2. The van der Waals surface area contributed by atoms with Crippen LogP contribution >= 0.6 is 0 Å². The quantitative estimate of drug-likeness (QED) is 0.598. The Kier molecular flexibility index (Phi) is 5.57. The smallest absolute Gasteiger partial charge is 0.328 e. The van der Waals surface area contributed by atoms with Crippen molar-refractivity contribution in [1.82, 2.24) is 4.72 Å². The number of rotatable bonds is 5. The Labute approximate surface area is 169 Å². The Balaban J connectivity index is 1.69. The summed E-state index contributed by atoms with van der Waals surface area (Å²) in [6, 6.07) is 10.1. The van der Waals surface area contributed by atoms with Crippen molar-refractivity contribution in [2.24, 2.45) is 4.99 Å². The molecule has 0 fully saturated rings. The van der Waals surface area contributed by atoms with Crippen molar-refractivity contribution in [3.8, 4) is 0 Å². The van der Waals surface area contributed by atoms with E-state index in [4.69, 9.17) is 4.74 Å². The van der Waals surface area contributed by atoms with Gasteiger partial charge in [-0.05, 0) is 62.6 Å². The average Bonchev–Trinajstić information content (AvgIpc) is 2.93. The zero-order valence-corrected chi connectivity index (χ0v) is 17.5. The molecule has 1 heterocycles. The molecule has 7 nitrogen and oxygen atoms in total. The third kappa shape index (κ3) is 4.22. The van der Waals surface area contributed by atoms with E-state index in [1.165, 1.54) is 13.0 Å². The van der Waals surface area contributed by atoms with Crippen LogP contribution in [0, 0.1) is 20.8 Å². The largest absolute Gasteiger partial charge is 0.453 e. The van der Waals surface area contributed by atoms with Crippen molar-refractivity contribution >= 4 is 27.6 Å². The number of nitrogens with zero attached hydrogens (tertiary/aromatic N) is 1. The lowest BCUT2D eigenvalue weighted by Crippen LogP contribution is -2.27. The molecule has 0 aromatic heterocycles. The van der Waals surface area contributed by atoms with Crippen molar-refractivity contribution in [2.45, 2.75) is 38.7 Å². The van der Waals surface area contributed by atoms with Crippen molar-refractivity contribution in [2.75, 3.05) is 6.54 Å². The lowest BCUT2D eigenvalue weighted by molar-refractivity contribution is -0.144. The molecule has 2 aromatic rings. The molecule has 0 radical (unpaired) electrons. The molecule has 2 aromatic carbocycles. The van der Waals surface area contributed by atoms with Crippen LogP contribution in [-0.4, -0.2) is 38.7 Å². The van der Waals surface area contributed by atoms with Crippen LogP contribution in [0.3, 0.4) is 0 Å². The number of aliphatic imine (C=N–C) groups is 1. The van der Waals surface area contributed by atoms with Gasteiger partial charge in [0.05, 0.1) is 4.90 Å². The molecule has 0 aliphatic carbocycles. The molecule has 3 rings (SSSR count). The molecular formula is C21H22N2O5S. The topological polar surface area (TPSA) is 102 Å². The molecule has 152 valence electrons. The molecule has 0 bridgehead atoms. The number of hydrogen-bond donors (Lipinski definition) is 1. The summed E-state index contributed by atoms with van der Waals surface area (Å²) in [6.07, 6.45) is -0.976. The van der Waals surface area contributed by atoms with Gasteiger partial charge >= 0.3 is 5.97 Å². The molecule has 8 heteroatoms. The number of hydrogen-bond acceptors (Lipinski definition) is 6. The first-order chi connectivity index (χ1) is 13.6. The first kappa shape index (κ1) is 20.7. The third-order valence-electron chi connectivity index (χ3n) is 4.81. The van der Waals surface area contributed by atoms with Crippen molar-refractivity contribution in [3.05, 3.63) is 64.2 Å². The number of benzene rings is 2. The number of carbonyl (C=O) groups is 2. The Morgan fingerprint density at radius 3 is 2.45 bits per heavy atom. The minimum absolute atomic E-state index is 0.0848. The first-order valence-corrected chi connectivity index (χ1v) is 10.6. The number of amidine groups is 1. The van der Waals surface area contributed by atoms with E-state index in [0.717, 1.165) is 16.7 Å². The summed E-state index contributed by atoms with van der Waals surface area (Å²) in [7, 11) is -3.67. The molecule has 0 unspecified atom stereocenters. The molecule has 0 saturated carbocycles. The number of ether oxygens (including phenoxy) is 1. The summed E-state index contributed by atoms with van der Waals surface area (Å²) < 4.78 is 31.7. The normalized spacial score (nSPS) is 16.8. The molecule has 0 saturated heterocycles. The number of Topliss-reactive ketones (excluding diaryl/α,β-unsaturated/α-hetero) is 1. The molecule has 0 spiro atoms. The van der Waals surface area contributed by atoms with E-state index in [2.05, 4.69) is 9.71 Å². The Morgan fingerprint density at radius 1 is 1.07 bits per heavy atom. The van der Waals surface area contributed by atoms with Crippen molar-refractivity contribution < 1.29 is 22.7 Å². The van der Waals surface area contributed by atoms with Gasteiger partial charge in [0.25, 0.3) is 10.0 Å². The zero-order valence-electron chi connectivity index (χ0n) is 16.6. The summed E-state index contributed by atoms with van der Waals surface area (Å²) in [5.74, 6) is -0.927. The van der Waals surface area contributed by atoms with Crippen LogP contribution in [0.25, 0.3) is 0 Å². The third-order valence-corrected chi connectivity index (χ3v) is 6.21. The number of esters is 1. The molecule has 1 atom stereocenters. The van der Waals surface area contributed by atoms with Gasteiger partial charge in [-0.1, -0.05) is 18.2 Å². The van der Waals surface area contributed by atoms with E-state index in [1.807, 2.05) is 26.8 Å². The second-order valence-corrected chi connectivity index (χ2v) is 8.67. The van der Waals surface area contributed by atoms with Crippen LogP contribution in [-0.2, 0) is 19.6 Å². The minimum Gasteiger partial charge on any atom is -0.453 e. The van der Waals surface area contributed by atoms with Crippen LogP contribution in [0.15, 0.2) is 46.3 Å². The van der Waals surface area contributed by atoms with Gasteiger partial charge < -0.3 is 4.74 Å². The van der Waals surface area contributed by atoms with Crippen molar-refractivity contribution in [3.63, 3.8) is 0 Å². The Hall–Kier alpha value is -3.00. The van der Waals surface area contributed by atoms with Crippen LogP contribution in [0.1, 0.15) is 39.5 Å². The lowest BCUT2D eigenvalue weighted by atomic mass is 9.96. The number of nitrogens with one attached hydrogen (secondary N) is 1.